The summed E-state index contributed by atoms with van der Waals surface area (Å²) in [4.78, 5) is 11.9. The molecule has 0 saturated carbocycles. The molecule has 0 bridgehead atoms. The molecule has 0 aliphatic carbocycles. The standard InChI is InChI=1S/C14H13FN2O/c1-9-5-6-12(16)13(7-9)17-14(18)10-3-2-4-11(15)8-10/h2-8H,16H2,1H3,(H,17,18). The quantitative estimate of drug-likeness (QED) is 0.798. The van der Waals surface area contributed by atoms with Crippen LogP contribution in [0.1, 0.15) is 15.9 Å². The zero-order valence-corrected chi connectivity index (χ0v) is 9.91. The lowest BCUT2D eigenvalue weighted by Crippen LogP contribution is -2.13. The van der Waals surface area contributed by atoms with Gasteiger partial charge in [-0.15, -0.1) is 0 Å². The van der Waals surface area contributed by atoms with Crippen LogP contribution in [0.15, 0.2) is 42.5 Å². The van der Waals surface area contributed by atoms with Crippen molar-refractivity contribution in [1.29, 1.82) is 0 Å². The fraction of sp³-hybridized carbons (Fsp3) is 0.0714. The Morgan fingerprint density at radius 2 is 2.00 bits per heavy atom. The van der Waals surface area contributed by atoms with Crippen LogP contribution in [-0.2, 0) is 0 Å². The third-order valence-corrected chi connectivity index (χ3v) is 2.54. The molecule has 0 aliphatic rings. The highest BCUT2D eigenvalue weighted by atomic mass is 19.1. The average molecular weight is 244 g/mol. The van der Waals surface area contributed by atoms with Gasteiger partial charge in [-0.05, 0) is 42.8 Å². The van der Waals surface area contributed by atoms with Crippen molar-refractivity contribution in [3.8, 4) is 0 Å². The molecule has 0 aliphatic heterocycles. The minimum absolute atomic E-state index is 0.260. The maximum atomic E-state index is 13.0. The van der Waals surface area contributed by atoms with Crippen molar-refractivity contribution in [3.63, 3.8) is 0 Å². The normalized spacial score (nSPS) is 10.1. The zero-order valence-electron chi connectivity index (χ0n) is 9.91. The monoisotopic (exact) mass is 244 g/mol. The van der Waals surface area contributed by atoms with Crippen molar-refractivity contribution in [1.82, 2.24) is 0 Å². The van der Waals surface area contributed by atoms with E-state index in [2.05, 4.69) is 5.32 Å². The first-order chi connectivity index (χ1) is 8.56. The number of carbonyl (C=O) groups is 1. The van der Waals surface area contributed by atoms with Crippen LogP contribution in [0.5, 0.6) is 0 Å². The minimum atomic E-state index is -0.445. The molecule has 0 heterocycles. The molecule has 0 aromatic heterocycles. The summed E-state index contributed by atoms with van der Waals surface area (Å²) in [5.74, 6) is -0.827. The van der Waals surface area contributed by atoms with Crippen molar-refractivity contribution in [2.75, 3.05) is 11.1 Å². The number of nitrogen functional groups attached to an aromatic ring is 1. The molecule has 2 rings (SSSR count). The van der Waals surface area contributed by atoms with E-state index in [4.69, 9.17) is 5.73 Å². The van der Waals surface area contributed by atoms with E-state index in [1.807, 2.05) is 13.0 Å². The third kappa shape index (κ3) is 2.66. The smallest absolute Gasteiger partial charge is 0.255 e. The zero-order chi connectivity index (χ0) is 13.1. The summed E-state index contributed by atoms with van der Waals surface area (Å²) >= 11 is 0. The van der Waals surface area contributed by atoms with Gasteiger partial charge in [-0.25, -0.2) is 4.39 Å². The number of rotatable bonds is 2. The maximum absolute atomic E-state index is 13.0. The number of halogens is 1. The van der Waals surface area contributed by atoms with Gasteiger partial charge in [0.1, 0.15) is 5.82 Å². The van der Waals surface area contributed by atoms with Gasteiger partial charge in [-0.1, -0.05) is 12.1 Å². The lowest BCUT2D eigenvalue weighted by atomic mass is 10.1. The SMILES string of the molecule is Cc1ccc(N)c(NC(=O)c2cccc(F)c2)c1. The van der Waals surface area contributed by atoms with E-state index in [0.717, 1.165) is 5.56 Å². The van der Waals surface area contributed by atoms with E-state index in [1.54, 1.807) is 18.2 Å². The molecule has 0 atom stereocenters. The molecule has 4 heteroatoms. The highest BCUT2D eigenvalue weighted by molar-refractivity contribution is 6.05. The Bertz CT molecular complexity index is 596. The molecule has 3 nitrogen and oxygen atoms in total. The van der Waals surface area contributed by atoms with Gasteiger partial charge in [0.25, 0.3) is 5.91 Å². The Labute approximate surface area is 104 Å². The Kier molecular flexibility index (Phi) is 3.28. The molecule has 1 amide bonds. The summed E-state index contributed by atoms with van der Waals surface area (Å²) in [5.41, 5.74) is 8.01. The van der Waals surface area contributed by atoms with Crippen LogP contribution < -0.4 is 11.1 Å². The number of anilines is 2. The van der Waals surface area contributed by atoms with Crippen LogP contribution in [0, 0.1) is 12.7 Å². The lowest BCUT2D eigenvalue weighted by Gasteiger charge is -2.09. The molecule has 0 unspecified atom stereocenters. The minimum Gasteiger partial charge on any atom is -0.397 e. The fourth-order valence-electron chi connectivity index (χ4n) is 1.60. The Balaban J connectivity index is 2.24. The number of hydrogen-bond acceptors (Lipinski definition) is 2. The number of hydrogen-bond donors (Lipinski definition) is 2. The van der Waals surface area contributed by atoms with Crippen LogP contribution in [0.25, 0.3) is 0 Å². The Morgan fingerprint density at radius 3 is 2.72 bits per heavy atom. The second-order valence-electron chi connectivity index (χ2n) is 4.06. The van der Waals surface area contributed by atoms with Crippen LogP contribution in [-0.4, -0.2) is 5.91 Å². The van der Waals surface area contributed by atoms with Crippen LogP contribution in [0.3, 0.4) is 0 Å². The third-order valence-electron chi connectivity index (χ3n) is 2.54. The molecular weight excluding hydrogens is 231 g/mol. The molecular formula is C14H13FN2O. The Hall–Kier alpha value is -2.36. The van der Waals surface area contributed by atoms with Gasteiger partial charge >= 0.3 is 0 Å². The number of carbonyl (C=O) groups excluding carboxylic acids is 1. The van der Waals surface area contributed by atoms with Crippen molar-refractivity contribution >= 4 is 17.3 Å². The van der Waals surface area contributed by atoms with E-state index < -0.39 is 5.82 Å². The highest BCUT2D eigenvalue weighted by Crippen LogP contribution is 2.20. The van der Waals surface area contributed by atoms with Crippen LogP contribution in [0.4, 0.5) is 15.8 Å². The van der Waals surface area contributed by atoms with Gasteiger partial charge in [0.05, 0.1) is 11.4 Å². The van der Waals surface area contributed by atoms with E-state index in [9.17, 15) is 9.18 Å². The topological polar surface area (TPSA) is 55.1 Å². The molecule has 0 fully saturated rings. The summed E-state index contributed by atoms with van der Waals surface area (Å²) in [7, 11) is 0. The molecule has 0 saturated heterocycles. The maximum Gasteiger partial charge on any atom is 0.255 e. The van der Waals surface area contributed by atoms with Crippen molar-refractivity contribution < 1.29 is 9.18 Å². The predicted molar refractivity (Wildman–Crippen MR) is 69.9 cm³/mol. The van der Waals surface area contributed by atoms with Gasteiger partial charge < -0.3 is 11.1 Å². The van der Waals surface area contributed by atoms with Crippen LogP contribution in [0.2, 0.25) is 0 Å². The van der Waals surface area contributed by atoms with Crippen molar-refractivity contribution in [2.45, 2.75) is 6.92 Å². The number of amides is 1. The van der Waals surface area contributed by atoms with Crippen LogP contribution >= 0.6 is 0 Å². The summed E-state index contributed by atoms with van der Waals surface area (Å²) < 4.78 is 13.0. The molecule has 0 spiro atoms. The molecule has 18 heavy (non-hydrogen) atoms. The first-order valence-electron chi connectivity index (χ1n) is 5.49. The first-order valence-corrected chi connectivity index (χ1v) is 5.49. The Morgan fingerprint density at radius 1 is 1.22 bits per heavy atom. The van der Waals surface area contributed by atoms with E-state index in [-0.39, 0.29) is 11.5 Å². The van der Waals surface area contributed by atoms with E-state index in [1.165, 1.54) is 18.2 Å². The second-order valence-corrected chi connectivity index (χ2v) is 4.06. The van der Waals surface area contributed by atoms with Crippen molar-refractivity contribution in [2.24, 2.45) is 0 Å². The summed E-state index contributed by atoms with van der Waals surface area (Å²) in [5, 5.41) is 2.66. The molecule has 0 radical (unpaired) electrons. The second kappa shape index (κ2) is 4.87. The van der Waals surface area contributed by atoms with Gasteiger partial charge in [-0.2, -0.15) is 0 Å². The molecule has 2 aromatic carbocycles. The summed E-state index contributed by atoms with van der Waals surface area (Å²) in [6, 6.07) is 10.9. The fourth-order valence-corrected chi connectivity index (χ4v) is 1.60. The van der Waals surface area contributed by atoms with Crippen molar-refractivity contribution in [3.05, 3.63) is 59.4 Å². The summed E-state index contributed by atoms with van der Waals surface area (Å²) in [6.07, 6.45) is 0. The number of nitrogens with one attached hydrogen (secondary N) is 1. The molecule has 3 N–H and O–H groups in total. The number of benzene rings is 2. The van der Waals surface area contributed by atoms with E-state index in [0.29, 0.717) is 11.4 Å². The summed E-state index contributed by atoms with van der Waals surface area (Å²) in [6.45, 7) is 1.90. The van der Waals surface area contributed by atoms with Gasteiger partial charge in [0.2, 0.25) is 0 Å². The molecule has 92 valence electrons. The first kappa shape index (κ1) is 12.1. The number of aryl methyl sites for hydroxylation is 1. The average Bonchev–Trinajstić information content (AvgIpc) is 2.34. The van der Waals surface area contributed by atoms with Gasteiger partial charge in [0, 0.05) is 5.56 Å². The lowest BCUT2D eigenvalue weighted by molar-refractivity contribution is 0.102. The highest BCUT2D eigenvalue weighted by Gasteiger charge is 2.08. The number of nitrogens with two attached hydrogens (primary N) is 1. The largest absolute Gasteiger partial charge is 0.397 e. The van der Waals surface area contributed by atoms with Gasteiger partial charge in [0.15, 0.2) is 0 Å². The van der Waals surface area contributed by atoms with E-state index >= 15 is 0 Å². The van der Waals surface area contributed by atoms with Gasteiger partial charge in [-0.3, -0.25) is 4.79 Å². The predicted octanol–water partition coefficient (Wildman–Crippen LogP) is 2.97. The molecule has 2 aromatic rings.